The summed E-state index contributed by atoms with van der Waals surface area (Å²) < 4.78 is 7.43. The van der Waals surface area contributed by atoms with E-state index in [2.05, 4.69) is 20.9 Å². The molecule has 0 saturated carbocycles. The molecule has 1 amide bonds. The first-order valence-corrected chi connectivity index (χ1v) is 8.89. The predicted octanol–water partition coefficient (Wildman–Crippen LogP) is 1.57. The molecule has 1 aliphatic rings. The summed E-state index contributed by atoms with van der Waals surface area (Å²) in [4.78, 5) is 12.3. The first-order chi connectivity index (χ1) is 12.3. The third-order valence-corrected chi connectivity index (χ3v) is 4.38. The summed E-state index contributed by atoms with van der Waals surface area (Å²) in [6.07, 6.45) is 4.49. The Kier molecular flexibility index (Phi) is 6.00. The molecule has 1 aromatic carbocycles. The van der Waals surface area contributed by atoms with Gasteiger partial charge in [-0.25, -0.2) is 4.68 Å². The Morgan fingerprint density at radius 1 is 1.36 bits per heavy atom. The van der Waals surface area contributed by atoms with Crippen molar-refractivity contribution in [2.24, 2.45) is 0 Å². The molecule has 3 rings (SSSR count). The highest BCUT2D eigenvalue weighted by Gasteiger charge is 2.18. The van der Waals surface area contributed by atoms with Crippen molar-refractivity contribution in [3.63, 3.8) is 0 Å². The van der Waals surface area contributed by atoms with E-state index in [9.17, 15) is 4.79 Å². The van der Waals surface area contributed by atoms with Crippen molar-refractivity contribution in [3.05, 3.63) is 41.7 Å². The van der Waals surface area contributed by atoms with E-state index < -0.39 is 0 Å². The van der Waals surface area contributed by atoms with Crippen molar-refractivity contribution in [3.8, 4) is 5.75 Å². The number of carbonyl (C=O) groups excluding carboxylic acids is 1. The van der Waals surface area contributed by atoms with E-state index in [-0.39, 0.29) is 5.91 Å². The molecule has 1 fully saturated rings. The van der Waals surface area contributed by atoms with Crippen LogP contribution >= 0.6 is 0 Å². The summed E-state index contributed by atoms with van der Waals surface area (Å²) >= 11 is 0. The monoisotopic (exact) mass is 343 g/mol. The van der Waals surface area contributed by atoms with E-state index in [0.29, 0.717) is 31.3 Å². The van der Waals surface area contributed by atoms with Gasteiger partial charge in [-0.2, -0.15) is 0 Å². The maximum absolute atomic E-state index is 12.3. The fourth-order valence-electron chi connectivity index (χ4n) is 3.04. The number of aromatic nitrogens is 3. The van der Waals surface area contributed by atoms with Crippen LogP contribution in [0, 0.1) is 0 Å². The van der Waals surface area contributed by atoms with Gasteiger partial charge in [0.25, 0.3) is 5.91 Å². The van der Waals surface area contributed by atoms with Crippen molar-refractivity contribution >= 4 is 5.91 Å². The van der Waals surface area contributed by atoms with Gasteiger partial charge in [-0.15, -0.1) is 5.10 Å². The molecule has 134 valence electrons. The lowest BCUT2D eigenvalue weighted by Crippen LogP contribution is -2.29. The number of ether oxygens (including phenoxy) is 1. The largest absolute Gasteiger partial charge is 0.494 e. The number of hydrogen-bond donors (Lipinski definition) is 2. The quantitative estimate of drug-likeness (QED) is 0.798. The zero-order valence-corrected chi connectivity index (χ0v) is 14.6. The summed E-state index contributed by atoms with van der Waals surface area (Å²) in [5, 5.41) is 14.4. The van der Waals surface area contributed by atoms with Gasteiger partial charge in [0.2, 0.25) is 0 Å². The molecule has 2 aromatic rings. The van der Waals surface area contributed by atoms with Crippen LogP contribution in [0.1, 0.15) is 41.9 Å². The molecule has 1 saturated heterocycles. The van der Waals surface area contributed by atoms with Gasteiger partial charge in [0.15, 0.2) is 5.69 Å². The lowest BCUT2D eigenvalue weighted by atomic mass is 10.1. The van der Waals surface area contributed by atoms with Crippen molar-refractivity contribution in [2.45, 2.75) is 32.2 Å². The summed E-state index contributed by atoms with van der Waals surface area (Å²) in [7, 11) is 0. The Morgan fingerprint density at radius 3 is 2.96 bits per heavy atom. The second-order valence-electron chi connectivity index (χ2n) is 6.11. The van der Waals surface area contributed by atoms with Gasteiger partial charge < -0.3 is 15.4 Å². The number of piperidine rings is 1. The molecule has 0 spiro atoms. The minimum atomic E-state index is -0.186. The number of benzene rings is 1. The van der Waals surface area contributed by atoms with E-state index in [4.69, 9.17) is 4.74 Å². The van der Waals surface area contributed by atoms with Crippen molar-refractivity contribution in [1.82, 2.24) is 25.6 Å². The molecule has 7 heteroatoms. The van der Waals surface area contributed by atoms with Crippen LogP contribution in [-0.4, -0.2) is 47.1 Å². The fraction of sp³-hybridized carbons (Fsp3) is 0.500. The van der Waals surface area contributed by atoms with Crippen molar-refractivity contribution in [1.29, 1.82) is 0 Å². The highest BCUT2D eigenvalue weighted by atomic mass is 16.5. The molecule has 7 nitrogen and oxygen atoms in total. The van der Waals surface area contributed by atoms with Gasteiger partial charge in [-0.05, 0) is 50.9 Å². The zero-order chi connectivity index (χ0) is 17.5. The number of para-hydroxylation sites is 1. The van der Waals surface area contributed by atoms with Crippen LogP contribution < -0.4 is 15.4 Å². The van der Waals surface area contributed by atoms with E-state index in [1.165, 1.54) is 0 Å². The van der Waals surface area contributed by atoms with Gasteiger partial charge in [0, 0.05) is 6.54 Å². The van der Waals surface area contributed by atoms with Crippen LogP contribution in [0.3, 0.4) is 0 Å². The van der Waals surface area contributed by atoms with Crippen LogP contribution in [0.5, 0.6) is 5.75 Å². The Balaban J connectivity index is 1.52. The van der Waals surface area contributed by atoms with E-state index in [1.54, 1.807) is 6.20 Å². The standard InChI is InChI=1S/C18H25N5O2/c1-2-25-17-6-4-3-5-14(17)7-12-20-18(24)16-13-23(22-21-16)15-8-10-19-11-9-15/h3-6,13,15,19H,2,7-12H2,1H3,(H,20,24). The average Bonchev–Trinajstić information content (AvgIpc) is 3.14. The second kappa shape index (κ2) is 8.62. The summed E-state index contributed by atoms with van der Waals surface area (Å²) in [6, 6.07) is 8.22. The number of nitrogens with zero attached hydrogens (tertiary/aromatic N) is 3. The third-order valence-electron chi connectivity index (χ3n) is 4.38. The van der Waals surface area contributed by atoms with Crippen LogP contribution in [0.2, 0.25) is 0 Å². The molecular weight excluding hydrogens is 318 g/mol. The molecule has 2 N–H and O–H groups in total. The highest BCUT2D eigenvalue weighted by molar-refractivity contribution is 5.91. The average molecular weight is 343 g/mol. The molecular formula is C18H25N5O2. The van der Waals surface area contributed by atoms with E-state index in [1.807, 2.05) is 35.9 Å². The van der Waals surface area contributed by atoms with Crippen molar-refractivity contribution < 1.29 is 9.53 Å². The van der Waals surface area contributed by atoms with Gasteiger partial charge in [0.05, 0.1) is 18.8 Å². The fourth-order valence-corrected chi connectivity index (χ4v) is 3.04. The summed E-state index contributed by atoms with van der Waals surface area (Å²) in [6.45, 7) is 5.08. The SMILES string of the molecule is CCOc1ccccc1CCNC(=O)c1cn(C2CCNCC2)nn1. The molecule has 0 aliphatic carbocycles. The maximum atomic E-state index is 12.3. The van der Waals surface area contributed by atoms with Crippen LogP contribution in [0.15, 0.2) is 30.5 Å². The molecule has 25 heavy (non-hydrogen) atoms. The molecule has 0 bridgehead atoms. The van der Waals surface area contributed by atoms with Gasteiger partial charge in [-0.1, -0.05) is 23.4 Å². The Morgan fingerprint density at radius 2 is 2.16 bits per heavy atom. The van der Waals surface area contributed by atoms with Crippen LogP contribution in [0.4, 0.5) is 0 Å². The minimum Gasteiger partial charge on any atom is -0.494 e. The Bertz CT molecular complexity index is 694. The summed E-state index contributed by atoms with van der Waals surface area (Å²) in [5.74, 6) is 0.685. The number of amides is 1. The molecule has 0 radical (unpaired) electrons. The Hall–Kier alpha value is -2.41. The first kappa shape index (κ1) is 17.4. The van der Waals surface area contributed by atoms with Crippen LogP contribution in [-0.2, 0) is 6.42 Å². The third kappa shape index (κ3) is 4.57. The summed E-state index contributed by atoms with van der Waals surface area (Å²) in [5.41, 5.74) is 1.46. The van der Waals surface area contributed by atoms with E-state index >= 15 is 0 Å². The molecule has 0 atom stereocenters. The van der Waals surface area contributed by atoms with Crippen LogP contribution in [0.25, 0.3) is 0 Å². The van der Waals surface area contributed by atoms with E-state index in [0.717, 1.165) is 37.2 Å². The number of rotatable bonds is 7. The number of hydrogen-bond acceptors (Lipinski definition) is 5. The van der Waals surface area contributed by atoms with Gasteiger partial charge >= 0.3 is 0 Å². The maximum Gasteiger partial charge on any atom is 0.273 e. The highest BCUT2D eigenvalue weighted by Crippen LogP contribution is 2.18. The Labute approximate surface area is 147 Å². The normalized spacial score (nSPS) is 15.1. The molecule has 0 unspecified atom stereocenters. The number of carbonyl (C=O) groups is 1. The van der Waals surface area contributed by atoms with Gasteiger partial charge in [0.1, 0.15) is 5.75 Å². The minimum absolute atomic E-state index is 0.186. The second-order valence-corrected chi connectivity index (χ2v) is 6.11. The molecule has 1 aliphatic heterocycles. The lowest BCUT2D eigenvalue weighted by Gasteiger charge is -2.22. The van der Waals surface area contributed by atoms with Crippen molar-refractivity contribution in [2.75, 3.05) is 26.2 Å². The smallest absolute Gasteiger partial charge is 0.273 e. The topological polar surface area (TPSA) is 81.1 Å². The first-order valence-electron chi connectivity index (χ1n) is 8.89. The van der Waals surface area contributed by atoms with Gasteiger partial charge in [-0.3, -0.25) is 4.79 Å². The molecule has 2 heterocycles. The molecule has 1 aromatic heterocycles. The lowest BCUT2D eigenvalue weighted by molar-refractivity contribution is 0.0949. The predicted molar refractivity (Wildman–Crippen MR) is 94.8 cm³/mol. The zero-order valence-electron chi connectivity index (χ0n) is 14.6. The number of nitrogens with one attached hydrogen (secondary N) is 2.